The number of aromatic nitrogens is 7. The number of thiazole rings is 1. The molecule has 0 saturated heterocycles. The van der Waals surface area contributed by atoms with Crippen molar-refractivity contribution in [3.8, 4) is 16.3 Å². The van der Waals surface area contributed by atoms with Crippen LogP contribution < -0.4 is 10.9 Å². The lowest BCUT2D eigenvalue weighted by Gasteiger charge is -2.08. The Morgan fingerprint density at radius 2 is 1.91 bits per heavy atom. The number of hydrogen-bond acceptors (Lipinski definition) is 8. The van der Waals surface area contributed by atoms with Crippen molar-refractivity contribution in [3.05, 3.63) is 62.0 Å². The molecule has 0 bridgehead atoms. The predicted octanol–water partition coefficient (Wildman–Crippen LogP) is 2.50. The molecule has 164 valence electrons. The lowest BCUT2D eigenvalue weighted by Crippen LogP contribution is -2.23. The highest BCUT2D eigenvalue weighted by molar-refractivity contribution is 7.17. The lowest BCUT2D eigenvalue weighted by atomic mass is 10.1. The van der Waals surface area contributed by atoms with E-state index in [0.717, 1.165) is 11.3 Å². The monoisotopic (exact) mass is 454 g/mol. The SMILES string of the molecule is Cc1nc(-c2c(C)c(C)nn(C)c2=O)sc1C(=O)Nc1ccc(F)c(-n2nnnc2C)c1. The van der Waals surface area contributed by atoms with Gasteiger partial charge in [-0.1, -0.05) is 0 Å². The molecule has 32 heavy (non-hydrogen) atoms. The number of anilines is 1. The molecule has 0 aliphatic heterocycles. The normalized spacial score (nSPS) is 11.1. The summed E-state index contributed by atoms with van der Waals surface area (Å²) in [5, 5.41) is 18.4. The van der Waals surface area contributed by atoms with Gasteiger partial charge in [0.05, 0.1) is 17.0 Å². The topological polar surface area (TPSA) is 120 Å². The number of halogens is 1. The molecule has 1 N–H and O–H groups in total. The van der Waals surface area contributed by atoms with E-state index in [1.807, 2.05) is 6.92 Å². The van der Waals surface area contributed by atoms with Gasteiger partial charge in [0.15, 0.2) is 5.82 Å². The van der Waals surface area contributed by atoms with Crippen LogP contribution in [0.15, 0.2) is 23.0 Å². The van der Waals surface area contributed by atoms with Crippen molar-refractivity contribution in [1.82, 2.24) is 35.0 Å². The standard InChI is InChI=1S/C20H19FN8O2S/c1-9-10(2)25-28(5)20(31)16(9)19-22-11(3)17(32-19)18(30)23-13-6-7-14(21)15(8-13)29-12(4)24-26-27-29/h6-8H,1-5H3,(H,23,30). The van der Waals surface area contributed by atoms with Crippen LogP contribution in [0.4, 0.5) is 10.1 Å². The van der Waals surface area contributed by atoms with Crippen LogP contribution in [-0.2, 0) is 7.05 Å². The number of nitrogens with zero attached hydrogens (tertiary/aromatic N) is 7. The highest BCUT2D eigenvalue weighted by Crippen LogP contribution is 2.29. The number of rotatable bonds is 4. The second-order valence-electron chi connectivity index (χ2n) is 7.21. The summed E-state index contributed by atoms with van der Waals surface area (Å²) in [4.78, 5) is 30.4. The summed E-state index contributed by atoms with van der Waals surface area (Å²) < 4.78 is 16.8. The number of tetrazole rings is 1. The van der Waals surface area contributed by atoms with Gasteiger partial charge < -0.3 is 5.32 Å². The maximum absolute atomic E-state index is 14.3. The molecule has 1 aromatic carbocycles. The second kappa shape index (κ2) is 8.04. The van der Waals surface area contributed by atoms with E-state index in [2.05, 4.69) is 30.9 Å². The average Bonchev–Trinajstić information content (AvgIpc) is 3.33. The van der Waals surface area contributed by atoms with Crippen LogP contribution in [-0.4, -0.2) is 40.9 Å². The fraction of sp³-hybridized carbons (Fsp3) is 0.250. The Morgan fingerprint density at radius 3 is 2.59 bits per heavy atom. The summed E-state index contributed by atoms with van der Waals surface area (Å²) in [5.74, 6) is -0.550. The summed E-state index contributed by atoms with van der Waals surface area (Å²) in [5.41, 5.74) is 2.52. The third kappa shape index (κ3) is 3.68. The molecule has 4 rings (SSSR count). The van der Waals surface area contributed by atoms with Crippen LogP contribution in [0.3, 0.4) is 0 Å². The zero-order valence-electron chi connectivity index (χ0n) is 18.0. The number of aryl methyl sites for hydroxylation is 4. The van der Waals surface area contributed by atoms with Crippen LogP contribution in [0.5, 0.6) is 0 Å². The second-order valence-corrected chi connectivity index (χ2v) is 8.21. The molecule has 0 fully saturated rings. The van der Waals surface area contributed by atoms with Gasteiger partial charge in [-0.05, 0) is 61.9 Å². The summed E-state index contributed by atoms with van der Waals surface area (Å²) in [6.45, 7) is 6.95. The summed E-state index contributed by atoms with van der Waals surface area (Å²) in [6, 6.07) is 4.11. The molecule has 0 saturated carbocycles. The Balaban J connectivity index is 1.68. The zero-order chi connectivity index (χ0) is 23.2. The van der Waals surface area contributed by atoms with Gasteiger partial charge in [-0.2, -0.15) is 9.78 Å². The van der Waals surface area contributed by atoms with E-state index < -0.39 is 11.7 Å². The molecule has 12 heteroatoms. The van der Waals surface area contributed by atoms with Crippen LogP contribution >= 0.6 is 11.3 Å². The number of carbonyl (C=O) groups excluding carboxylic acids is 1. The highest BCUT2D eigenvalue weighted by atomic mass is 32.1. The van der Waals surface area contributed by atoms with E-state index in [0.29, 0.717) is 43.9 Å². The van der Waals surface area contributed by atoms with E-state index in [1.165, 1.54) is 27.6 Å². The minimum Gasteiger partial charge on any atom is -0.321 e. The van der Waals surface area contributed by atoms with Gasteiger partial charge in [0.25, 0.3) is 11.5 Å². The average molecular weight is 454 g/mol. The molecule has 10 nitrogen and oxygen atoms in total. The molecule has 0 spiro atoms. The molecule has 3 aromatic heterocycles. The van der Waals surface area contributed by atoms with Crippen molar-refractivity contribution in [2.75, 3.05) is 5.32 Å². The van der Waals surface area contributed by atoms with Crippen LogP contribution in [0.2, 0.25) is 0 Å². The van der Waals surface area contributed by atoms with Crippen molar-refractivity contribution >= 4 is 22.9 Å². The molecule has 0 atom stereocenters. The van der Waals surface area contributed by atoms with Crippen molar-refractivity contribution < 1.29 is 9.18 Å². The Morgan fingerprint density at radius 1 is 1.16 bits per heavy atom. The first kappa shape index (κ1) is 21.4. The first-order valence-corrected chi connectivity index (χ1v) is 10.4. The van der Waals surface area contributed by atoms with E-state index >= 15 is 0 Å². The number of hydrogen-bond donors (Lipinski definition) is 1. The van der Waals surface area contributed by atoms with Crippen LogP contribution in [0.1, 0.15) is 32.4 Å². The maximum Gasteiger partial charge on any atom is 0.277 e. The zero-order valence-corrected chi connectivity index (χ0v) is 18.8. The number of carbonyl (C=O) groups is 1. The summed E-state index contributed by atoms with van der Waals surface area (Å²) in [7, 11) is 1.57. The molecule has 4 aromatic rings. The molecular weight excluding hydrogens is 435 g/mol. The van der Waals surface area contributed by atoms with Gasteiger partial charge in [-0.3, -0.25) is 9.59 Å². The minimum absolute atomic E-state index is 0.110. The minimum atomic E-state index is -0.533. The Hall–Kier alpha value is -3.80. The van der Waals surface area contributed by atoms with Crippen molar-refractivity contribution in [2.45, 2.75) is 27.7 Å². The molecule has 0 aliphatic rings. The first-order valence-electron chi connectivity index (χ1n) is 9.56. The maximum atomic E-state index is 14.3. The number of benzene rings is 1. The molecule has 0 unspecified atom stereocenters. The van der Waals surface area contributed by atoms with Gasteiger partial charge in [0.1, 0.15) is 21.4 Å². The van der Waals surface area contributed by atoms with E-state index in [-0.39, 0.29) is 11.2 Å². The fourth-order valence-corrected chi connectivity index (χ4v) is 4.26. The van der Waals surface area contributed by atoms with Gasteiger partial charge in [-0.25, -0.2) is 14.1 Å². The van der Waals surface area contributed by atoms with E-state index in [4.69, 9.17) is 0 Å². The molecule has 0 aliphatic carbocycles. The molecule has 0 radical (unpaired) electrons. The number of nitrogens with one attached hydrogen (secondary N) is 1. The Labute approximate surface area is 185 Å². The van der Waals surface area contributed by atoms with Crippen molar-refractivity contribution in [2.24, 2.45) is 7.05 Å². The van der Waals surface area contributed by atoms with Crippen molar-refractivity contribution in [1.29, 1.82) is 0 Å². The summed E-state index contributed by atoms with van der Waals surface area (Å²) in [6.07, 6.45) is 0. The Bertz CT molecular complexity index is 1420. The van der Waals surface area contributed by atoms with Gasteiger partial charge in [0.2, 0.25) is 0 Å². The largest absolute Gasteiger partial charge is 0.321 e. The quantitative estimate of drug-likeness (QED) is 0.503. The molecular formula is C20H19FN8O2S. The third-order valence-electron chi connectivity index (χ3n) is 5.00. The number of amides is 1. The Kier molecular flexibility index (Phi) is 5.38. The van der Waals surface area contributed by atoms with Crippen LogP contribution in [0.25, 0.3) is 16.3 Å². The smallest absolute Gasteiger partial charge is 0.277 e. The molecule has 1 amide bonds. The van der Waals surface area contributed by atoms with Gasteiger partial charge in [-0.15, -0.1) is 16.4 Å². The van der Waals surface area contributed by atoms with E-state index in [9.17, 15) is 14.0 Å². The predicted molar refractivity (Wildman–Crippen MR) is 117 cm³/mol. The van der Waals surface area contributed by atoms with E-state index in [1.54, 1.807) is 27.8 Å². The lowest BCUT2D eigenvalue weighted by molar-refractivity contribution is 0.103. The van der Waals surface area contributed by atoms with Gasteiger partial charge in [0, 0.05) is 12.7 Å². The third-order valence-corrected chi connectivity index (χ3v) is 6.17. The highest BCUT2D eigenvalue weighted by Gasteiger charge is 2.21. The van der Waals surface area contributed by atoms with Crippen molar-refractivity contribution in [3.63, 3.8) is 0 Å². The van der Waals surface area contributed by atoms with Crippen LogP contribution in [0, 0.1) is 33.5 Å². The fourth-order valence-electron chi connectivity index (χ4n) is 3.21. The molecule has 3 heterocycles. The van der Waals surface area contributed by atoms with Gasteiger partial charge >= 0.3 is 0 Å². The summed E-state index contributed by atoms with van der Waals surface area (Å²) >= 11 is 1.12. The first-order chi connectivity index (χ1) is 15.2.